The molecule has 4 nitrogen and oxygen atoms in total. The number of rotatable bonds is 5. The lowest BCUT2D eigenvalue weighted by Gasteiger charge is -2.33. The van der Waals surface area contributed by atoms with Crippen molar-refractivity contribution in [2.24, 2.45) is 5.92 Å². The Balaban J connectivity index is 2.02. The second-order valence-electron chi connectivity index (χ2n) is 5.76. The van der Waals surface area contributed by atoms with Crippen molar-refractivity contribution in [1.29, 1.82) is 0 Å². The van der Waals surface area contributed by atoms with Crippen LogP contribution in [0.5, 0.6) is 5.75 Å². The minimum Gasteiger partial charge on any atom is -0.495 e. The molecule has 1 saturated heterocycles. The molecule has 0 aliphatic carbocycles. The summed E-state index contributed by atoms with van der Waals surface area (Å²) in [5.74, 6) is 1.20. The second-order valence-corrected chi connectivity index (χ2v) is 6.60. The summed E-state index contributed by atoms with van der Waals surface area (Å²) in [6.07, 6.45) is 2.27. The monoisotopic (exact) mass is 344 g/mol. The van der Waals surface area contributed by atoms with Crippen LogP contribution in [-0.4, -0.2) is 37.6 Å². The highest BCUT2D eigenvalue weighted by atomic mass is 35.5. The van der Waals surface area contributed by atoms with E-state index in [9.17, 15) is 4.79 Å². The molecule has 2 rings (SSSR count). The summed E-state index contributed by atoms with van der Waals surface area (Å²) in [5, 5.41) is 4.06. The van der Waals surface area contributed by atoms with E-state index in [1.54, 1.807) is 20.1 Å². The molecule has 6 heteroatoms. The van der Waals surface area contributed by atoms with Gasteiger partial charge in [0.05, 0.1) is 12.1 Å². The molecule has 1 N–H and O–H groups in total. The Morgan fingerprint density at radius 1 is 1.45 bits per heavy atom. The van der Waals surface area contributed by atoms with E-state index in [0.717, 1.165) is 44.6 Å². The number of likely N-dealkylation sites (tertiary alicyclic amines) is 1. The van der Waals surface area contributed by atoms with Crippen molar-refractivity contribution < 1.29 is 9.53 Å². The van der Waals surface area contributed by atoms with E-state index >= 15 is 0 Å². The Hall–Kier alpha value is -0.970. The van der Waals surface area contributed by atoms with Gasteiger partial charge in [0.1, 0.15) is 5.75 Å². The van der Waals surface area contributed by atoms with Crippen LogP contribution in [0, 0.1) is 5.92 Å². The summed E-state index contributed by atoms with van der Waals surface area (Å²) in [6.45, 7) is 5.02. The van der Waals surface area contributed by atoms with E-state index in [4.69, 9.17) is 27.9 Å². The number of ether oxygens (including phenoxy) is 1. The molecule has 1 amide bonds. The summed E-state index contributed by atoms with van der Waals surface area (Å²) in [7, 11) is 1.62. The normalized spacial score (nSPS) is 19.0. The van der Waals surface area contributed by atoms with Crippen molar-refractivity contribution in [2.45, 2.75) is 26.3 Å². The van der Waals surface area contributed by atoms with Crippen LogP contribution in [0.2, 0.25) is 10.0 Å². The highest BCUT2D eigenvalue weighted by molar-refractivity contribution is 6.35. The van der Waals surface area contributed by atoms with E-state index in [1.807, 2.05) is 6.07 Å². The van der Waals surface area contributed by atoms with Gasteiger partial charge in [-0.25, -0.2) is 0 Å². The molecule has 1 heterocycles. The Bertz CT molecular complexity index is 537. The second kappa shape index (κ2) is 8.04. The SMILES string of the molecule is COc1c(Cl)cc(Cl)cc1CN1CCC[C@@H](CNC(C)=O)C1. The minimum atomic E-state index is 0.0282. The largest absolute Gasteiger partial charge is 0.495 e. The fourth-order valence-corrected chi connectivity index (χ4v) is 3.56. The number of halogens is 2. The van der Waals surface area contributed by atoms with E-state index in [0.29, 0.717) is 21.7 Å². The van der Waals surface area contributed by atoms with Crippen molar-refractivity contribution >= 4 is 29.1 Å². The van der Waals surface area contributed by atoms with Gasteiger partial charge in [-0.15, -0.1) is 0 Å². The third kappa shape index (κ3) is 4.77. The quantitative estimate of drug-likeness (QED) is 0.890. The van der Waals surface area contributed by atoms with Crippen LogP contribution in [0.3, 0.4) is 0 Å². The number of hydrogen-bond acceptors (Lipinski definition) is 3. The lowest BCUT2D eigenvalue weighted by Crippen LogP contribution is -2.40. The van der Waals surface area contributed by atoms with Crippen LogP contribution < -0.4 is 10.1 Å². The fraction of sp³-hybridized carbons (Fsp3) is 0.562. The van der Waals surface area contributed by atoms with E-state index in [1.165, 1.54) is 0 Å². The number of carbonyl (C=O) groups is 1. The van der Waals surface area contributed by atoms with Crippen LogP contribution in [-0.2, 0) is 11.3 Å². The topological polar surface area (TPSA) is 41.6 Å². The standard InChI is InChI=1S/C16H22Cl2N2O2/c1-11(21)19-8-12-4-3-5-20(9-12)10-13-6-14(17)7-15(18)16(13)22-2/h6-7,12H,3-5,8-10H2,1-2H3,(H,19,21)/t12-/m0/s1. The van der Waals surface area contributed by atoms with Gasteiger partial charge in [0.25, 0.3) is 0 Å². The molecule has 0 spiro atoms. The predicted molar refractivity (Wildman–Crippen MR) is 89.7 cm³/mol. The lowest BCUT2D eigenvalue weighted by atomic mass is 9.97. The number of carbonyl (C=O) groups excluding carboxylic acids is 1. The summed E-state index contributed by atoms with van der Waals surface area (Å²) in [4.78, 5) is 13.4. The highest BCUT2D eigenvalue weighted by Gasteiger charge is 2.21. The first-order valence-corrected chi connectivity index (χ1v) is 8.24. The predicted octanol–water partition coefficient (Wildman–Crippen LogP) is 3.35. The molecule has 1 atom stereocenters. The zero-order valence-corrected chi connectivity index (χ0v) is 14.5. The number of piperidine rings is 1. The zero-order chi connectivity index (χ0) is 16.1. The van der Waals surface area contributed by atoms with Gasteiger partial charge in [0.15, 0.2) is 0 Å². The summed E-state index contributed by atoms with van der Waals surface area (Å²) < 4.78 is 5.40. The highest BCUT2D eigenvalue weighted by Crippen LogP contribution is 2.33. The lowest BCUT2D eigenvalue weighted by molar-refractivity contribution is -0.119. The Kier molecular flexibility index (Phi) is 6.36. The molecule has 1 aliphatic heterocycles. The van der Waals surface area contributed by atoms with Crippen LogP contribution in [0.15, 0.2) is 12.1 Å². The van der Waals surface area contributed by atoms with Gasteiger partial charge in [-0.05, 0) is 37.4 Å². The average molecular weight is 345 g/mol. The third-order valence-electron chi connectivity index (χ3n) is 3.93. The van der Waals surface area contributed by atoms with E-state index < -0.39 is 0 Å². The molecule has 1 aromatic rings. The van der Waals surface area contributed by atoms with Crippen LogP contribution in [0.25, 0.3) is 0 Å². The summed E-state index contributed by atoms with van der Waals surface area (Å²) in [6, 6.07) is 3.60. The van der Waals surface area contributed by atoms with Gasteiger partial charge in [0, 0.05) is 37.1 Å². The molecule has 0 radical (unpaired) electrons. The van der Waals surface area contributed by atoms with Crippen molar-refractivity contribution in [2.75, 3.05) is 26.7 Å². The molecule has 0 bridgehead atoms. The molecule has 1 aliphatic rings. The Morgan fingerprint density at radius 3 is 2.91 bits per heavy atom. The first kappa shape index (κ1) is 17.4. The van der Waals surface area contributed by atoms with Crippen LogP contribution in [0.4, 0.5) is 0 Å². The average Bonchev–Trinajstić information content (AvgIpc) is 2.45. The zero-order valence-electron chi connectivity index (χ0n) is 13.0. The first-order chi connectivity index (χ1) is 10.5. The summed E-state index contributed by atoms with van der Waals surface area (Å²) in [5.41, 5.74) is 1.00. The van der Waals surface area contributed by atoms with Crippen molar-refractivity contribution in [3.8, 4) is 5.75 Å². The van der Waals surface area contributed by atoms with Crippen molar-refractivity contribution in [1.82, 2.24) is 10.2 Å². The Labute approximate surface area is 141 Å². The number of benzene rings is 1. The molecule has 122 valence electrons. The molecule has 0 saturated carbocycles. The maximum Gasteiger partial charge on any atom is 0.216 e. The number of hydrogen-bond donors (Lipinski definition) is 1. The first-order valence-electron chi connectivity index (χ1n) is 7.48. The number of methoxy groups -OCH3 is 1. The number of nitrogens with one attached hydrogen (secondary N) is 1. The van der Waals surface area contributed by atoms with Gasteiger partial charge in [-0.3, -0.25) is 9.69 Å². The third-order valence-corrected chi connectivity index (χ3v) is 4.43. The number of nitrogens with zero attached hydrogens (tertiary/aromatic N) is 1. The van der Waals surface area contributed by atoms with Gasteiger partial charge in [-0.1, -0.05) is 23.2 Å². The van der Waals surface area contributed by atoms with Gasteiger partial charge in [-0.2, -0.15) is 0 Å². The maximum atomic E-state index is 11.0. The van der Waals surface area contributed by atoms with E-state index in [2.05, 4.69) is 10.2 Å². The molecular weight excluding hydrogens is 323 g/mol. The minimum absolute atomic E-state index is 0.0282. The van der Waals surface area contributed by atoms with Crippen molar-refractivity contribution in [3.63, 3.8) is 0 Å². The summed E-state index contributed by atoms with van der Waals surface area (Å²) >= 11 is 12.3. The van der Waals surface area contributed by atoms with Crippen LogP contribution in [0.1, 0.15) is 25.3 Å². The number of amides is 1. The molecule has 1 aromatic carbocycles. The molecule has 0 unspecified atom stereocenters. The van der Waals surface area contributed by atoms with Gasteiger partial charge in [0.2, 0.25) is 5.91 Å². The fourth-order valence-electron chi connectivity index (χ4n) is 2.95. The molecule has 0 aromatic heterocycles. The van der Waals surface area contributed by atoms with Gasteiger partial charge >= 0.3 is 0 Å². The maximum absolute atomic E-state index is 11.0. The van der Waals surface area contributed by atoms with Crippen molar-refractivity contribution in [3.05, 3.63) is 27.7 Å². The smallest absolute Gasteiger partial charge is 0.216 e. The van der Waals surface area contributed by atoms with Crippen LogP contribution >= 0.6 is 23.2 Å². The molecule has 22 heavy (non-hydrogen) atoms. The molecule has 1 fully saturated rings. The molecular formula is C16H22Cl2N2O2. The van der Waals surface area contributed by atoms with Gasteiger partial charge < -0.3 is 10.1 Å². The van der Waals surface area contributed by atoms with E-state index in [-0.39, 0.29) is 5.91 Å². The Morgan fingerprint density at radius 2 is 2.23 bits per heavy atom.